The molecule has 3 nitrogen and oxygen atoms in total. The zero-order valence-corrected chi connectivity index (χ0v) is 8.30. The van der Waals surface area contributed by atoms with E-state index in [1.54, 1.807) is 0 Å². The maximum Gasteiger partial charge on any atom is 0.0839 e. The first-order chi connectivity index (χ1) is 5.60. The summed E-state index contributed by atoms with van der Waals surface area (Å²) in [6.45, 7) is 10.00. The summed E-state index contributed by atoms with van der Waals surface area (Å²) >= 11 is 0. The Balaban J connectivity index is 4.01. The third kappa shape index (κ3) is 3.22. The summed E-state index contributed by atoms with van der Waals surface area (Å²) in [5, 5.41) is 10.3. The molecule has 0 N–H and O–H groups in total. The van der Waals surface area contributed by atoms with Crippen molar-refractivity contribution in [1.29, 1.82) is 0 Å². The first kappa shape index (κ1) is 11.4. The lowest BCUT2D eigenvalue weighted by molar-refractivity contribution is -0.922. The molecule has 3 heteroatoms. The van der Waals surface area contributed by atoms with Gasteiger partial charge in [0.25, 0.3) is 0 Å². The number of carbonyl (C=O) groups is 1. The van der Waals surface area contributed by atoms with Gasteiger partial charge in [-0.25, -0.2) is 0 Å². The molecule has 0 rings (SSSR count). The molecule has 0 radical (unpaired) electrons. The molecule has 0 unspecified atom stereocenters. The quantitative estimate of drug-likeness (QED) is 0.531. The van der Waals surface area contributed by atoms with Crippen molar-refractivity contribution in [3.8, 4) is 0 Å². The fraction of sp³-hybridized carbons (Fsp3) is 0.889. The Hall–Kier alpha value is -0.570. The van der Waals surface area contributed by atoms with Crippen LogP contribution in [0.5, 0.6) is 0 Å². The van der Waals surface area contributed by atoms with Crippen LogP contribution in [0.3, 0.4) is 0 Å². The van der Waals surface area contributed by atoms with Crippen molar-refractivity contribution in [2.45, 2.75) is 27.2 Å². The molecule has 0 saturated carbocycles. The van der Waals surface area contributed by atoms with Gasteiger partial charge in [0.05, 0.1) is 26.2 Å². The topological polar surface area (TPSA) is 40.1 Å². The smallest absolute Gasteiger partial charge is 0.0839 e. The second-order valence-electron chi connectivity index (χ2n) is 3.14. The van der Waals surface area contributed by atoms with E-state index in [0.29, 0.717) is 6.54 Å². The van der Waals surface area contributed by atoms with Crippen LogP contribution in [0, 0.1) is 0 Å². The molecule has 0 aliphatic carbocycles. The average molecular weight is 173 g/mol. The molecule has 0 aromatic rings. The van der Waals surface area contributed by atoms with Crippen LogP contribution in [0.1, 0.15) is 27.2 Å². The third-order valence-corrected chi connectivity index (χ3v) is 2.80. The van der Waals surface area contributed by atoms with Gasteiger partial charge in [-0.3, -0.25) is 0 Å². The summed E-state index contributed by atoms with van der Waals surface area (Å²) in [5.41, 5.74) is 0. The molecule has 0 atom stereocenters. The van der Waals surface area contributed by atoms with Crippen LogP contribution in [0.15, 0.2) is 0 Å². The SMILES string of the molecule is CC[N+](CC)(CC)CCC(=O)[O-]. The van der Waals surface area contributed by atoms with E-state index in [2.05, 4.69) is 20.8 Å². The summed E-state index contributed by atoms with van der Waals surface area (Å²) < 4.78 is 0.883. The molecular weight excluding hydrogens is 154 g/mol. The van der Waals surface area contributed by atoms with Crippen LogP contribution in [0.2, 0.25) is 0 Å². The second kappa shape index (κ2) is 5.14. The van der Waals surface area contributed by atoms with Crippen LogP contribution < -0.4 is 5.11 Å². The average Bonchev–Trinajstić information content (AvgIpc) is 2.08. The summed E-state index contributed by atoms with van der Waals surface area (Å²) in [6, 6.07) is 0. The lowest BCUT2D eigenvalue weighted by atomic mass is 10.3. The van der Waals surface area contributed by atoms with Gasteiger partial charge < -0.3 is 14.4 Å². The summed E-state index contributed by atoms with van der Waals surface area (Å²) in [5.74, 6) is -0.937. The first-order valence-electron chi connectivity index (χ1n) is 4.65. The van der Waals surface area contributed by atoms with E-state index in [4.69, 9.17) is 0 Å². The standard InChI is InChI=1S/C9H19NO2/c1-4-10(5-2,6-3)8-7-9(11)12/h4-8H2,1-3H3. The molecule has 12 heavy (non-hydrogen) atoms. The molecule has 0 fully saturated rings. The van der Waals surface area contributed by atoms with Gasteiger partial charge in [-0.15, -0.1) is 0 Å². The highest BCUT2D eigenvalue weighted by molar-refractivity contribution is 5.64. The van der Waals surface area contributed by atoms with Gasteiger partial charge in [-0.1, -0.05) is 0 Å². The number of nitrogens with zero attached hydrogens (tertiary/aromatic N) is 1. The molecule has 0 aliphatic rings. The highest BCUT2D eigenvalue weighted by Gasteiger charge is 2.19. The van der Waals surface area contributed by atoms with Crippen LogP contribution in [-0.4, -0.2) is 36.6 Å². The first-order valence-corrected chi connectivity index (χ1v) is 4.65. The third-order valence-electron chi connectivity index (χ3n) is 2.80. The second-order valence-corrected chi connectivity index (χ2v) is 3.14. The van der Waals surface area contributed by atoms with Gasteiger partial charge in [0.15, 0.2) is 0 Å². The van der Waals surface area contributed by atoms with Gasteiger partial charge in [-0.05, 0) is 20.8 Å². The fourth-order valence-electron chi connectivity index (χ4n) is 1.47. The van der Waals surface area contributed by atoms with Crippen LogP contribution in [0.25, 0.3) is 0 Å². The van der Waals surface area contributed by atoms with Crippen molar-refractivity contribution in [3.05, 3.63) is 0 Å². The van der Waals surface area contributed by atoms with E-state index >= 15 is 0 Å². The van der Waals surface area contributed by atoms with E-state index < -0.39 is 5.97 Å². The number of rotatable bonds is 6. The normalized spacial score (nSPS) is 11.6. The molecule has 0 aromatic heterocycles. The molecule has 0 heterocycles. The van der Waals surface area contributed by atoms with Crippen molar-refractivity contribution in [1.82, 2.24) is 0 Å². The van der Waals surface area contributed by atoms with E-state index in [1.807, 2.05) is 0 Å². The minimum Gasteiger partial charge on any atom is -0.550 e. The van der Waals surface area contributed by atoms with E-state index in [-0.39, 0.29) is 6.42 Å². The molecular formula is C9H19NO2. The van der Waals surface area contributed by atoms with Gasteiger partial charge >= 0.3 is 0 Å². The Morgan fingerprint density at radius 2 is 1.58 bits per heavy atom. The van der Waals surface area contributed by atoms with Crippen molar-refractivity contribution in [2.75, 3.05) is 26.2 Å². The molecule has 0 spiro atoms. The maximum absolute atomic E-state index is 10.3. The number of carbonyl (C=O) groups excluding carboxylic acids is 1. The predicted molar refractivity (Wildman–Crippen MR) is 46.4 cm³/mol. The number of carboxylic acids is 1. The lowest BCUT2D eigenvalue weighted by Gasteiger charge is -2.35. The Bertz CT molecular complexity index is 133. The minimum absolute atomic E-state index is 0.176. The van der Waals surface area contributed by atoms with Gasteiger partial charge in [0, 0.05) is 12.4 Å². The van der Waals surface area contributed by atoms with Crippen LogP contribution >= 0.6 is 0 Å². The Kier molecular flexibility index (Phi) is 4.90. The number of aliphatic carboxylic acids is 1. The monoisotopic (exact) mass is 173 g/mol. The summed E-state index contributed by atoms with van der Waals surface area (Å²) in [4.78, 5) is 10.3. The Morgan fingerprint density at radius 3 is 1.83 bits per heavy atom. The van der Waals surface area contributed by atoms with Gasteiger partial charge in [0.2, 0.25) is 0 Å². The van der Waals surface area contributed by atoms with Crippen molar-refractivity contribution in [2.24, 2.45) is 0 Å². The highest BCUT2D eigenvalue weighted by Crippen LogP contribution is 2.06. The lowest BCUT2D eigenvalue weighted by Crippen LogP contribution is -2.49. The molecule has 0 bridgehead atoms. The van der Waals surface area contributed by atoms with Gasteiger partial charge in [0.1, 0.15) is 0 Å². The van der Waals surface area contributed by atoms with E-state index in [9.17, 15) is 9.90 Å². The van der Waals surface area contributed by atoms with E-state index in [0.717, 1.165) is 24.1 Å². The number of quaternary nitrogens is 1. The minimum atomic E-state index is -0.937. The van der Waals surface area contributed by atoms with Gasteiger partial charge in [-0.2, -0.15) is 0 Å². The van der Waals surface area contributed by atoms with E-state index in [1.165, 1.54) is 0 Å². The number of hydrogen-bond acceptors (Lipinski definition) is 2. The fourth-order valence-corrected chi connectivity index (χ4v) is 1.47. The highest BCUT2D eigenvalue weighted by atomic mass is 16.4. The molecule has 72 valence electrons. The largest absolute Gasteiger partial charge is 0.550 e. The van der Waals surface area contributed by atoms with Crippen molar-refractivity contribution >= 4 is 5.97 Å². The molecule has 0 amide bonds. The van der Waals surface area contributed by atoms with Crippen molar-refractivity contribution < 1.29 is 14.4 Å². The predicted octanol–water partition coefficient (Wildman–Crippen LogP) is 0.00290. The van der Waals surface area contributed by atoms with Crippen LogP contribution in [-0.2, 0) is 4.79 Å². The Morgan fingerprint density at radius 1 is 1.17 bits per heavy atom. The van der Waals surface area contributed by atoms with Crippen LogP contribution in [0.4, 0.5) is 0 Å². The number of hydrogen-bond donors (Lipinski definition) is 0. The molecule has 0 aliphatic heterocycles. The molecule has 0 saturated heterocycles. The maximum atomic E-state index is 10.3. The molecule has 0 aromatic carbocycles. The number of carboxylic acid groups (broad SMARTS) is 1. The summed E-state index contributed by atoms with van der Waals surface area (Å²) in [7, 11) is 0. The van der Waals surface area contributed by atoms with Crippen molar-refractivity contribution in [3.63, 3.8) is 0 Å². The zero-order chi connectivity index (χ0) is 9.61. The zero-order valence-electron chi connectivity index (χ0n) is 8.30. The Labute approximate surface area is 74.6 Å². The summed E-state index contributed by atoms with van der Waals surface area (Å²) in [6.07, 6.45) is 0.176.